The maximum atomic E-state index is 13.9. The summed E-state index contributed by atoms with van der Waals surface area (Å²) in [5.74, 6) is -2.88. The summed E-state index contributed by atoms with van der Waals surface area (Å²) in [5.41, 5.74) is -2.60. The molecular weight excluding hydrogens is 467 g/mol. The van der Waals surface area contributed by atoms with Crippen LogP contribution in [0, 0.1) is 11.8 Å². The maximum absolute atomic E-state index is 13.9. The average Bonchev–Trinajstić information content (AvgIpc) is 3.59. The first kappa shape index (κ1) is 20.7. The van der Waals surface area contributed by atoms with Gasteiger partial charge in [-0.25, -0.2) is 4.90 Å². The summed E-state index contributed by atoms with van der Waals surface area (Å²) in [6, 6.07) is 7.88. The molecule has 5 heterocycles. The number of carbonyl (C=O) groups is 3. The first-order chi connectivity index (χ1) is 16.7. The molecule has 3 fully saturated rings. The molecule has 3 saturated heterocycles. The molecule has 180 valence electrons. The van der Waals surface area contributed by atoms with Gasteiger partial charge in [0.1, 0.15) is 5.54 Å². The number of hydrogen-bond donors (Lipinski definition) is 1. The lowest BCUT2D eigenvalue weighted by Gasteiger charge is -2.36. The second-order valence-electron chi connectivity index (χ2n) is 9.40. The molecule has 0 aliphatic carbocycles. The van der Waals surface area contributed by atoms with Crippen molar-refractivity contribution in [3.05, 3.63) is 47.5 Å². The van der Waals surface area contributed by atoms with E-state index < -0.39 is 52.9 Å². The van der Waals surface area contributed by atoms with Gasteiger partial charge in [0.05, 0.1) is 28.8 Å². The molecule has 2 aromatic rings. The van der Waals surface area contributed by atoms with Crippen molar-refractivity contribution in [2.45, 2.75) is 30.6 Å². The van der Waals surface area contributed by atoms with E-state index in [2.05, 4.69) is 5.32 Å². The SMILES string of the molecule is O=C1[C@@H]2[C@@H]3CCCN3[C@@]3(C(=O)Nc4c(C(F)(F)F)cccc43)[C@H]2C(=O)N1c1ccc2c(c1)OCO2. The van der Waals surface area contributed by atoms with Crippen LogP contribution in [-0.2, 0) is 26.1 Å². The van der Waals surface area contributed by atoms with Crippen LogP contribution in [0.4, 0.5) is 24.5 Å². The monoisotopic (exact) mass is 485 g/mol. The Bertz CT molecular complexity index is 1340. The van der Waals surface area contributed by atoms with Crippen molar-refractivity contribution in [2.75, 3.05) is 23.6 Å². The van der Waals surface area contributed by atoms with Gasteiger partial charge in [-0.3, -0.25) is 19.3 Å². The summed E-state index contributed by atoms with van der Waals surface area (Å²) in [5, 5.41) is 2.44. The number of alkyl halides is 3. The minimum atomic E-state index is -4.69. The third-order valence-electron chi connectivity index (χ3n) is 7.95. The average molecular weight is 485 g/mol. The molecule has 4 atom stereocenters. The zero-order valence-electron chi connectivity index (χ0n) is 18.1. The van der Waals surface area contributed by atoms with E-state index >= 15 is 0 Å². The van der Waals surface area contributed by atoms with Gasteiger partial charge in [-0.2, -0.15) is 13.2 Å². The first-order valence-corrected chi connectivity index (χ1v) is 11.3. The van der Waals surface area contributed by atoms with Crippen molar-refractivity contribution in [3.8, 4) is 11.5 Å². The number of amides is 3. The molecule has 0 bridgehead atoms. The van der Waals surface area contributed by atoms with E-state index in [1.165, 1.54) is 18.2 Å². The molecule has 0 aromatic heterocycles. The Morgan fingerprint density at radius 3 is 2.63 bits per heavy atom. The zero-order chi connectivity index (χ0) is 24.3. The third-order valence-corrected chi connectivity index (χ3v) is 7.95. The first-order valence-electron chi connectivity index (χ1n) is 11.3. The van der Waals surface area contributed by atoms with Crippen molar-refractivity contribution in [3.63, 3.8) is 0 Å². The number of para-hydroxylation sites is 1. The van der Waals surface area contributed by atoms with Crippen LogP contribution in [0.15, 0.2) is 36.4 Å². The van der Waals surface area contributed by atoms with Crippen molar-refractivity contribution in [1.29, 1.82) is 0 Å². The number of rotatable bonds is 1. The third kappa shape index (κ3) is 2.38. The number of fused-ring (bicyclic) bond motifs is 8. The second-order valence-corrected chi connectivity index (χ2v) is 9.40. The summed E-state index contributed by atoms with van der Waals surface area (Å²) in [4.78, 5) is 44.1. The lowest BCUT2D eigenvalue weighted by atomic mass is 9.75. The van der Waals surface area contributed by atoms with Gasteiger partial charge in [0.25, 0.3) is 0 Å². The summed E-state index contributed by atoms with van der Waals surface area (Å²) >= 11 is 0. The van der Waals surface area contributed by atoms with Crippen molar-refractivity contribution in [1.82, 2.24) is 4.90 Å². The fourth-order valence-electron chi connectivity index (χ4n) is 6.75. The highest BCUT2D eigenvalue weighted by Crippen LogP contribution is 2.61. The van der Waals surface area contributed by atoms with Crippen molar-refractivity contribution >= 4 is 29.1 Å². The molecule has 0 unspecified atom stereocenters. The minimum Gasteiger partial charge on any atom is -0.454 e. The van der Waals surface area contributed by atoms with Gasteiger partial charge in [0.15, 0.2) is 11.5 Å². The van der Waals surface area contributed by atoms with Gasteiger partial charge in [0, 0.05) is 17.7 Å². The highest BCUT2D eigenvalue weighted by molar-refractivity contribution is 6.26. The molecule has 1 N–H and O–H groups in total. The Morgan fingerprint density at radius 2 is 1.83 bits per heavy atom. The molecule has 2 aromatic carbocycles. The number of benzene rings is 2. The minimum absolute atomic E-state index is 0.0184. The molecule has 35 heavy (non-hydrogen) atoms. The number of nitrogens with one attached hydrogen (secondary N) is 1. The predicted octanol–water partition coefficient (Wildman–Crippen LogP) is 2.87. The molecule has 5 aliphatic heterocycles. The largest absolute Gasteiger partial charge is 0.454 e. The quantitative estimate of drug-likeness (QED) is 0.626. The van der Waals surface area contributed by atoms with Crippen LogP contribution < -0.4 is 19.7 Å². The number of nitrogens with zero attached hydrogens (tertiary/aromatic N) is 2. The van der Waals surface area contributed by atoms with Gasteiger partial charge < -0.3 is 14.8 Å². The lowest BCUT2D eigenvalue weighted by Crippen LogP contribution is -2.54. The van der Waals surface area contributed by atoms with Crippen LogP contribution in [0.25, 0.3) is 0 Å². The maximum Gasteiger partial charge on any atom is 0.418 e. The Balaban J connectivity index is 1.41. The van der Waals surface area contributed by atoms with Gasteiger partial charge in [0.2, 0.25) is 24.5 Å². The molecule has 0 radical (unpaired) electrons. The van der Waals surface area contributed by atoms with Gasteiger partial charge in [-0.15, -0.1) is 0 Å². The number of anilines is 2. The number of halogens is 3. The summed E-state index contributed by atoms with van der Waals surface area (Å²) in [6.45, 7) is 0.427. The lowest BCUT2D eigenvalue weighted by molar-refractivity contribution is -0.137. The number of imide groups is 1. The molecule has 5 aliphatic rings. The summed E-state index contributed by atoms with van der Waals surface area (Å²) in [6.07, 6.45) is -3.46. The van der Waals surface area contributed by atoms with E-state index in [4.69, 9.17) is 9.47 Å². The van der Waals surface area contributed by atoms with Crippen LogP contribution in [0.1, 0.15) is 24.0 Å². The van der Waals surface area contributed by atoms with E-state index in [0.717, 1.165) is 11.0 Å². The highest BCUT2D eigenvalue weighted by atomic mass is 19.4. The molecule has 1 spiro atoms. The van der Waals surface area contributed by atoms with Crippen LogP contribution in [0.2, 0.25) is 0 Å². The molecule has 0 saturated carbocycles. The second kappa shape index (κ2) is 6.54. The van der Waals surface area contributed by atoms with Gasteiger partial charge >= 0.3 is 6.18 Å². The van der Waals surface area contributed by atoms with Gasteiger partial charge in [-0.05, 0) is 37.6 Å². The fraction of sp³-hybridized carbons (Fsp3) is 0.375. The number of carbonyl (C=O) groups excluding carboxylic acids is 3. The van der Waals surface area contributed by atoms with E-state index in [1.54, 1.807) is 17.0 Å². The smallest absolute Gasteiger partial charge is 0.418 e. The summed E-state index contributed by atoms with van der Waals surface area (Å²) < 4.78 is 52.1. The van der Waals surface area contributed by atoms with E-state index in [-0.39, 0.29) is 23.7 Å². The fourth-order valence-corrected chi connectivity index (χ4v) is 6.75. The Kier molecular flexibility index (Phi) is 3.87. The van der Waals surface area contributed by atoms with E-state index in [1.807, 2.05) is 0 Å². The Labute approximate surface area is 196 Å². The van der Waals surface area contributed by atoms with Crippen molar-refractivity contribution in [2.24, 2.45) is 11.8 Å². The number of hydrogen-bond acceptors (Lipinski definition) is 6. The van der Waals surface area contributed by atoms with Crippen LogP contribution >= 0.6 is 0 Å². The topological polar surface area (TPSA) is 88.2 Å². The molecule has 3 amide bonds. The Morgan fingerprint density at radius 1 is 1.03 bits per heavy atom. The van der Waals surface area contributed by atoms with E-state index in [9.17, 15) is 27.6 Å². The van der Waals surface area contributed by atoms with Crippen LogP contribution in [-0.4, -0.2) is 42.0 Å². The van der Waals surface area contributed by atoms with Crippen LogP contribution in [0.3, 0.4) is 0 Å². The predicted molar refractivity (Wildman–Crippen MR) is 114 cm³/mol. The van der Waals surface area contributed by atoms with Crippen molar-refractivity contribution < 1.29 is 37.0 Å². The van der Waals surface area contributed by atoms with Crippen LogP contribution in [0.5, 0.6) is 11.5 Å². The summed E-state index contributed by atoms with van der Waals surface area (Å²) in [7, 11) is 0. The highest BCUT2D eigenvalue weighted by Gasteiger charge is 2.75. The Hall–Kier alpha value is -3.60. The molecule has 8 nitrogen and oxygen atoms in total. The zero-order valence-corrected chi connectivity index (χ0v) is 18.1. The van der Waals surface area contributed by atoms with E-state index in [0.29, 0.717) is 30.9 Å². The normalized spacial score (nSPS) is 30.8. The number of ether oxygens (including phenoxy) is 2. The van der Waals surface area contributed by atoms with Gasteiger partial charge in [-0.1, -0.05) is 12.1 Å². The molecular formula is C24H18F3N3O5. The standard InChI is InChI=1S/C24H18F3N3O5/c25-24(26,27)13-4-1-3-12-19(13)28-22(33)23(12)18-17(14-5-2-8-29(14)23)20(31)30(21(18)32)11-6-7-15-16(9-11)35-10-34-15/h1,3-4,6-7,9,14,17-18H,2,5,8,10H2,(H,28,33)/t14-,17+,18+,23+/m0/s1. The molecule has 11 heteroatoms. The molecule has 7 rings (SSSR count).